The molecule has 5 aromatic heterocycles. The minimum Gasteiger partial charge on any atom is -0.306 e. The largest absolute Gasteiger partial charge is 0.306 e. The smallest absolute Gasteiger partial charge is 0.166 e. The predicted octanol–water partition coefficient (Wildman–Crippen LogP) is 13.8. The van der Waals surface area contributed by atoms with E-state index in [1.165, 1.54) is 0 Å². The number of hydrogen-bond acceptors (Lipinski definition) is 5. The molecule has 0 unspecified atom stereocenters. The summed E-state index contributed by atoms with van der Waals surface area (Å²) in [6, 6.07) is 61.7. The van der Waals surface area contributed by atoms with Crippen LogP contribution in [0.1, 0.15) is 11.1 Å². The first-order valence-corrected chi connectivity index (χ1v) is 21.5. The van der Waals surface area contributed by atoms with Crippen molar-refractivity contribution in [1.29, 1.82) is 0 Å². The van der Waals surface area contributed by atoms with Gasteiger partial charge in [0.1, 0.15) is 0 Å². The summed E-state index contributed by atoms with van der Waals surface area (Å²) in [4.78, 5) is 25.9. The Kier molecular flexibility index (Phi) is 8.79. The van der Waals surface area contributed by atoms with Gasteiger partial charge in [0.05, 0.1) is 45.8 Å². The Labute approximate surface area is 369 Å². The summed E-state index contributed by atoms with van der Waals surface area (Å²) >= 11 is 0. The van der Waals surface area contributed by atoms with E-state index in [0.29, 0.717) is 17.5 Å². The first kappa shape index (κ1) is 37.2. The number of rotatable bonds is 7. The quantitative estimate of drug-likeness (QED) is 0.160. The molecule has 0 aliphatic rings. The molecule has 0 saturated carbocycles. The van der Waals surface area contributed by atoms with Crippen LogP contribution in [0.3, 0.4) is 0 Å². The van der Waals surface area contributed by atoms with Crippen molar-refractivity contribution in [2.45, 2.75) is 13.8 Å². The van der Waals surface area contributed by atoms with Gasteiger partial charge in [-0.25, -0.2) is 15.0 Å². The molecule has 0 saturated heterocycles. The molecule has 0 N–H and O–H groups in total. The van der Waals surface area contributed by atoms with Gasteiger partial charge in [-0.3, -0.25) is 9.97 Å². The van der Waals surface area contributed by atoms with Crippen molar-refractivity contribution in [1.82, 2.24) is 34.1 Å². The molecule has 0 spiro atoms. The van der Waals surface area contributed by atoms with E-state index in [4.69, 9.17) is 15.0 Å². The van der Waals surface area contributed by atoms with Gasteiger partial charge in [0.15, 0.2) is 17.5 Å². The zero-order valence-corrected chi connectivity index (χ0v) is 35.2. The molecule has 64 heavy (non-hydrogen) atoms. The average Bonchev–Trinajstić information content (AvgIpc) is 3.87. The van der Waals surface area contributed by atoms with Crippen molar-refractivity contribution in [3.05, 3.63) is 212 Å². The molecule has 0 amide bonds. The molecular weight excluding hydrogens is 783 g/mol. The molecular formula is C57H39N7. The van der Waals surface area contributed by atoms with Gasteiger partial charge < -0.3 is 9.13 Å². The second-order valence-corrected chi connectivity index (χ2v) is 16.2. The van der Waals surface area contributed by atoms with Crippen molar-refractivity contribution in [2.75, 3.05) is 0 Å². The summed E-state index contributed by atoms with van der Waals surface area (Å²) in [5, 5.41) is 4.53. The molecule has 7 aromatic carbocycles. The Morgan fingerprint density at radius 2 is 0.719 bits per heavy atom. The molecule has 0 aliphatic carbocycles. The van der Waals surface area contributed by atoms with Crippen molar-refractivity contribution >= 4 is 43.6 Å². The average molecular weight is 822 g/mol. The lowest BCUT2D eigenvalue weighted by atomic mass is 9.97. The highest BCUT2D eigenvalue weighted by molar-refractivity contribution is 6.11. The number of fused-ring (bicyclic) bond motifs is 6. The summed E-state index contributed by atoms with van der Waals surface area (Å²) in [7, 11) is 0. The second-order valence-electron chi connectivity index (χ2n) is 16.2. The molecule has 0 radical (unpaired) electrons. The van der Waals surface area contributed by atoms with E-state index < -0.39 is 0 Å². The number of pyridine rings is 2. The fourth-order valence-corrected chi connectivity index (χ4v) is 9.65. The minimum atomic E-state index is 0.560. The summed E-state index contributed by atoms with van der Waals surface area (Å²) in [6.45, 7) is 4.26. The zero-order chi connectivity index (χ0) is 42.7. The zero-order valence-electron chi connectivity index (χ0n) is 35.2. The first-order chi connectivity index (χ1) is 31.6. The number of aryl methyl sites for hydroxylation is 2. The number of nitrogens with zero attached hydrogens (tertiary/aromatic N) is 7. The van der Waals surface area contributed by atoms with E-state index in [-0.39, 0.29) is 0 Å². The molecule has 7 heteroatoms. The maximum atomic E-state index is 5.61. The molecule has 0 bridgehead atoms. The van der Waals surface area contributed by atoms with Gasteiger partial charge in [0.2, 0.25) is 0 Å². The van der Waals surface area contributed by atoms with Crippen LogP contribution in [-0.2, 0) is 0 Å². The highest BCUT2D eigenvalue weighted by Crippen LogP contribution is 2.44. The second kappa shape index (κ2) is 15.1. The van der Waals surface area contributed by atoms with E-state index in [1.807, 2.05) is 24.8 Å². The normalized spacial score (nSPS) is 11.6. The molecule has 5 heterocycles. The Balaban J connectivity index is 1.22. The van der Waals surface area contributed by atoms with Crippen LogP contribution in [0.15, 0.2) is 201 Å². The number of benzene rings is 7. The molecule has 0 fully saturated rings. The third-order valence-corrected chi connectivity index (χ3v) is 12.5. The van der Waals surface area contributed by atoms with Crippen LogP contribution in [0.4, 0.5) is 0 Å². The number of aromatic nitrogens is 7. The lowest BCUT2D eigenvalue weighted by Gasteiger charge is -2.20. The maximum absolute atomic E-state index is 5.61. The summed E-state index contributed by atoms with van der Waals surface area (Å²) in [5.74, 6) is 1.73. The molecule has 12 aromatic rings. The Morgan fingerprint density at radius 1 is 0.328 bits per heavy atom. The SMILES string of the molecule is Cc1cccc(C)c1-c1nc(-c2cccc(-c3ccccc3)c2-n2c3ccccc3c3ccncc32)nc(-c2cccc(-c3ccccc3)c2-n2c3ccccc3c3ccncc32)n1. The highest BCUT2D eigenvalue weighted by Gasteiger charge is 2.26. The van der Waals surface area contributed by atoms with Crippen LogP contribution in [0.2, 0.25) is 0 Å². The van der Waals surface area contributed by atoms with Gasteiger partial charge in [-0.05, 0) is 72.5 Å². The third kappa shape index (κ3) is 5.93. The minimum absolute atomic E-state index is 0.560. The van der Waals surface area contributed by atoms with Gasteiger partial charge >= 0.3 is 0 Å². The number of para-hydroxylation sites is 4. The van der Waals surface area contributed by atoms with Gasteiger partial charge in [-0.2, -0.15) is 0 Å². The van der Waals surface area contributed by atoms with E-state index >= 15 is 0 Å². The first-order valence-electron chi connectivity index (χ1n) is 21.5. The fraction of sp³-hybridized carbons (Fsp3) is 0.0351. The molecule has 0 aliphatic heterocycles. The predicted molar refractivity (Wildman–Crippen MR) is 261 cm³/mol. The van der Waals surface area contributed by atoms with Gasteiger partial charge in [0.25, 0.3) is 0 Å². The van der Waals surface area contributed by atoms with Crippen LogP contribution in [0, 0.1) is 13.8 Å². The van der Waals surface area contributed by atoms with Gasteiger partial charge in [-0.15, -0.1) is 0 Å². The van der Waals surface area contributed by atoms with E-state index in [9.17, 15) is 0 Å². The molecule has 302 valence electrons. The van der Waals surface area contributed by atoms with Crippen LogP contribution in [-0.4, -0.2) is 34.1 Å². The van der Waals surface area contributed by atoms with Crippen molar-refractivity contribution in [2.24, 2.45) is 0 Å². The highest BCUT2D eigenvalue weighted by atomic mass is 15.1. The third-order valence-electron chi connectivity index (χ3n) is 12.5. The Hall–Kier alpha value is -8.55. The van der Waals surface area contributed by atoms with Gasteiger partial charge in [0, 0.05) is 61.8 Å². The number of hydrogen-bond donors (Lipinski definition) is 0. The Bertz CT molecular complexity index is 3410. The van der Waals surface area contributed by atoms with Gasteiger partial charge in [-0.1, -0.05) is 140 Å². The monoisotopic (exact) mass is 821 g/mol. The van der Waals surface area contributed by atoms with E-state index in [0.717, 1.165) is 105 Å². The topological polar surface area (TPSA) is 74.3 Å². The van der Waals surface area contributed by atoms with Crippen LogP contribution < -0.4 is 0 Å². The van der Waals surface area contributed by atoms with Crippen LogP contribution in [0.25, 0.3) is 111 Å². The van der Waals surface area contributed by atoms with E-state index in [1.54, 1.807) is 0 Å². The summed E-state index contributed by atoms with van der Waals surface area (Å²) < 4.78 is 4.67. The molecule has 0 atom stereocenters. The summed E-state index contributed by atoms with van der Waals surface area (Å²) in [5.41, 5.74) is 15.2. The lowest BCUT2D eigenvalue weighted by molar-refractivity contribution is 1.05. The van der Waals surface area contributed by atoms with Crippen molar-refractivity contribution < 1.29 is 0 Å². The summed E-state index contributed by atoms with van der Waals surface area (Å²) in [6.07, 6.45) is 7.66. The van der Waals surface area contributed by atoms with Crippen molar-refractivity contribution in [3.63, 3.8) is 0 Å². The fourth-order valence-electron chi connectivity index (χ4n) is 9.65. The Morgan fingerprint density at radius 3 is 1.20 bits per heavy atom. The molecule has 7 nitrogen and oxygen atoms in total. The van der Waals surface area contributed by atoms with Crippen LogP contribution >= 0.6 is 0 Å². The molecule has 12 rings (SSSR count). The standard InChI is InChI=1S/C57H39N7/c1-36-16-13-17-37(2)52(36)57-61-55(46-26-14-24-40(38-18-5-3-6-19-38)53(46)63-48-28-11-9-22-42(48)44-30-32-58-34-50(44)63)60-56(62-57)47-27-15-25-41(39-20-7-4-8-21-39)54(47)64-49-29-12-10-23-43(49)45-31-33-59-35-51(45)64/h3-35H,1-2H3. The van der Waals surface area contributed by atoms with Crippen LogP contribution in [0.5, 0.6) is 0 Å². The van der Waals surface area contributed by atoms with E-state index in [2.05, 4.69) is 209 Å². The lowest BCUT2D eigenvalue weighted by Crippen LogP contribution is -2.08. The maximum Gasteiger partial charge on any atom is 0.166 e. The van der Waals surface area contributed by atoms with Crippen molar-refractivity contribution in [3.8, 4) is 67.8 Å².